The van der Waals surface area contributed by atoms with E-state index in [1.807, 2.05) is 31.2 Å². The molecule has 0 fully saturated rings. The zero-order valence-electron chi connectivity index (χ0n) is 11.8. The third-order valence-corrected chi connectivity index (χ3v) is 4.04. The molecule has 4 heteroatoms. The van der Waals surface area contributed by atoms with E-state index < -0.39 is 0 Å². The summed E-state index contributed by atoms with van der Waals surface area (Å²) in [7, 11) is 0. The molecule has 0 saturated heterocycles. The average molecular weight is 322 g/mol. The van der Waals surface area contributed by atoms with Crippen LogP contribution in [-0.4, -0.2) is 5.78 Å². The Bertz CT molecular complexity index is 638. The Morgan fingerprint density at radius 2 is 1.81 bits per heavy atom. The highest BCUT2D eigenvalue weighted by Crippen LogP contribution is 2.24. The molecule has 2 rings (SSSR count). The van der Waals surface area contributed by atoms with Gasteiger partial charge in [0, 0.05) is 28.6 Å². The van der Waals surface area contributed by atoms with Gasteiger partial charge >= 0.3 is 0 Å². The van der Waals surface area contributed by atoms with Crippen molar-refractivity contribution in [2.24, 2.45) is 0 Å². The van der Waals surface area contributed by atoms with E-state index in [1.165, 1.54) is 0 Å². The summed E-state index contributed by atoms with van der Waals surface area (Å²) >= 11 is 12.0. The van der Waals surface area contributed by atoms with Crippen molar-refractivity contribution in [3.8, 4) is 0 Å². The molecule has 0 aliphatic rings. The van der Waals surface area contributed by atoms with Crippen LogP contribution in [0.4, 0.5) is 5.69 Å². The molecule has 110 valence electrons. The van der Waals surface area contributed by atoms with Crippen molar-refractivity contribution >= 4 is 34.7 Å². The standard InChI is InChI=1S/C17H17Cl2NO/c1-11(12-2-5-15(20)6-3-12)8-16(21)10-13-9-14(18)4-7-17(13)19/h2-7,9,11H,8,10,20H2,1H3. The lowest BCUT2D eigenvalue weighted by atomic mass is 9.93. The van der Waals surface area contributed by atoms with Gasteiger partial charge in [0.15, 0.2) is 0 Å². The Labute approximate surface area is 134 Å². The number of benzene rings is 2. The first-order chi connectivity index (χ1) is 9.95. The number of carbonyl (C=O) groups is 1. The molecule has 1 atom stereocenters. The SMILES string of the molecule is CC(CC(=O)Cc1cc(Cl)ccc1Cl)c1ccc(N)cc1. The summed E-state index contributed by atoms with van der Waals surface area (Å²) in [4.78, 5) is 12.2. The Kier molecular flexibility index (Phi) is 5.27. The summed E-state index contributed by atoms with van der Waals surface area (Å²) < 4.78 is 0. The molecule has 0 radical (unpaired) electrons. The Morgan fingerprint density at radius 3 is 2.48 bits per heavy atom. The minimum atomic E-state index is 0.142. The molecule has 1 unspecified atom stereocenters. The van der Waals surface area contributed by atoms with Crippen molar-refractivity contribution in [3.05, 3.63) is 63.6 Å². The van der Waals surface area contributed by atoms with E-state index in [0.29, 0.717) is 22.9 Å². The van der Waals surface area contributed by atoms with Gasteiger partial charge in [-0.15, -0.1) is 0 Å². The lowest BCUT2D eigenvalue weighted by molar-refractivity contribution is -0.118. The van der Waals surface area contributed by atoms with Crippen molar-refractivity contribution in [3.63, 3.8) is 0 Å². The average Bonchev–Trinajstić information content (AvgIpc) is 2.43. The Balaban J connectivity index is 2.01. The van der Waals surface area contributed by atoms with Gasteiger partial charge in [-0.2, -0.15) is 0 Å². The monoisotopic (exact) mass is 321 g/mol. The smallest absolute Gasteiger partial charge is 0.137 e. The molecule has 0 spiro atoms. The minimum Gasteiger partial charge on any atom is -0.399 e. The number of nitrogen functional groups attached to an aromatic ring is 1. The van der Waals surface area contributed by atoms with Crippen LogP contribution in [-0.2, 0) is 11.2 Å². The minimum absolute atomic E-state index is 0.142. The highest BCUT2D eigenvalue weighted by atomic mass is 35.5. The molecule has 2 nitrogen and oxygen atoms in total. The molecule has 0 aromatic heterocycles. The lowest BCUT2D eigenvalue weighted by Gasteiger charge is -2.12. The van der Waals surface area contributed by atoms with Gasteiger partial charge in [-0.05, 0) is 47.4 Å². The zero-order chi connectivity index (χ0) is 15.4. The number of rotatable bonds is 5. The van der Waals surface area contributed by atoms with E-state index >= 15 is 0 Å². The number of nitrogens with two attached hydrogens (primary N) is 1. The van der Waals surface area contributed by atoms with Gasteiger partial charge < -0.3 is 5.73 Å². The quantitative estimate of drug-likeness (QED) is 0.797. The van der Waals surface area contributed by atoms with E-state index in [9.17, 15) is 4.79 Å². The first-order valence-electron chi connectivity index (χ1n) is 6.77. The van der Waals surface area contributed by atoms with Gasteiger partial charge in [-0.3, -0.25) is 4.79 Å². The molecule has 2 aromatic rings. The summed E-state index contributed by atoms with van der Waals surface area (Å²) in [5.41, 5.74) is 8.27. The predicted octanol–water partition coefficient (Wildman–Crippen LogP) is 4.88. The molecule has 21 heavy (non-hydrogen) atoms. The lowest BCUT2D eigenvalue weighted by Crippen LogP contribution is -2.08. The number of hydrogen-bond acceptors (Lipinski definition) is 2. The Morgan fingerprint density at radius 1 is 1.14 bits per heavy atom. The number of halogens is 2. The van der Waals surface area contributed by atoms with Gasteiger partial charge in [-0.1, -0.05) is 42.3 Å². The maximum Gasteiger partial charge on any atom is 0.137 e. The fourth-order valence-corrected chi connectivity index (χ4v) is 2.63. The first kappa shape index (κ1) is 15.9. The largest absolute Gasteiger partial charge is 0.399 e. The number of anilines is 1. The molecule has 0 aliphatic carbocycles. The van der Waals surface area contributed by atoms with E-state index in [0.717, 1.165) is 16.8 Å². The van der Waals surface area contributed by atoms with Crippen molar-refractivity contribution in [1.29, 1.82) is 0 Å². The van der Waals surface area contributed by atoms with Crippen LogP contribution in [0.25, 0.3) is 0 Å². The third-order valence-electron chi connectivity index (χ3n) is 3.43. The van der Waals surface area contributed by atoms with Crippen molar-refractivity contribution < 1.29 is 4.79 Å². The van der Waals surface area contributed by atoms with Crippen LogP contribution in [0.15, 0.2) is 42.5 Å². The second-order valence-corrected chi connectivity index (χ2v) is 6.07. The summed E-state index contributed by atoms with van der Waals surface area (Å²) in [5.74, 6) is 0.291. The van der Waals surface area contributed by atoms with Crippen LogP contribution in [0.2, 0.25) is 10.0 Å². The van der Waals surface area contributed by atoms with Gasteiger partial charge in [0.2, 0.25) is 0 Å². The number of hydrogen-bond donors (Lipinski definition) is 1. The molecular weight excluding hydrogens is 305 g/mol. The van der Waals surface area contributed by atoms with Gasteiger partial charge in [-0.25, -0.2) is 0 Å². The molecule has 0 aliphatic heterocycles. The van der Waals surface area contributed by atoms with Gasteiger partial charge in [0.1, 0.15) is 5.78 Å². The fourth-order valence-electron chi connectivity index (χ4n) is 2.25. The molecule has 0 bridgehead atoms. The highest BCUT2D eigenvalue weighted by molar-refractivity contribution is 6.33. The summed E-state index contributed by atoms with van der Waals surface area (Å²) in [6, 6.07) is 12.8. The molecule has 2 N–H and O–H groups in total. The van der Waals surface area contributed by atoms with Crippen molar-refractivity contribution in [2.75, 3.05) is 5.73 Å². The van der Waals surface area contributed by atoms with Crippen LogP contribution in [0.1, 0.15) is 30.4 Å². The van der Waals surface area contributed by atoms with Gasteiger partial charge in [0.25, 0.3) is 0 Å². The summed E-state index contributed by atoms with van der Waals surface area (Å²) in [6.07, 6.45) is 0.769. The van der Waals surface area contributed by atoms with Crippen molar-refractivity contribution in [1.82, 2.24) is 0 Å². The highest BCUT2D eigenvalue weighted by Gasteiger charge is 2.13. The molecule has 0 saturated carbocycles. The zero-order valence-corrected chi connectivity index (χ0v) is 13.3. The van der Waals surface area contributed by atoms with E-state index in [2.05, 4.69) is 0 Å². The second-order valence-electron chi connectivity index (χ2n) is 5.22. The van der Waals surface area contributed by atoms with Crippen molar-refractivity contribution in [2.45, 2.75) is 25.7 Å². The van der Waals surface area contributed by atoms with Crippen LogP contribution in [0.3, 0.4) is 0 Å². The molecule has 2 aromatic carbocycles. The normalized spacial score (nSPS) is 12.1. The Hall–Kier alpha value is -1.51. The maximum atomic E-state index is 12.2. The summed E-state index contributed by atoms with van der Waals surface area (Å²) in [6.45, 7) is 2.03. The number of carbonyl (C=O) groups excluding carboxylic acids is 1. The third kappa shape index (κ3) is 4.48. The van der Waals surface area contributed by atoms with E-state index in [1.54, 1.807) is 18.2 Å². The summed E-state index contributed by atoms with van der Waals surface area (Å²) in [5, 5.41) is 1.17. The van der Waals surface area contributed by atoms with Crippen LogP contribution < -0.4 is 5.73 Å². The maximum absolute atomic E-state index is 12.2. The van der Waals surface area contributed by atoms with E-state index in [4.69, 9.17) is 28.9 Å². The predicted molar refractivity (Wildman–Crippen MR) is 89.1 cm³/mol. The first-order valence-corrected chi connectivity index (χ1v) is 7.52. The number of ketones is 1. The second kappa shape index (κ2) is 6.97. The van der Waals surface area contributed by atoms with Gasteiger partial charge in [0.05, 0.1) is 0 Å². The van der Waals surface area contributed by atoms with E-state index in [-0.39, 0.29) is 11.7 Å². The molecule has 0 heterocycles. The topological polar surface area (TPSA) is 43.1 Å². The van der Waals surface area contributed by atoms with Crippen LogP contribution in [0, 0.1) is 0 Å². The molecule has 0 amide bonds. The van der Waals surface area contributed by atoms with Crippen LogP contribution >= 0.6 is 23.2 Å². The van der Waals surface area contributed by atoms with Crippen LogP contribution in [0.5, 0.6) is 0 Å². The fraction of sp³-hybridized carbons (Fsp3) is 0.235. The molecular formula is C17H17Cl2NO. The number of Topliss-reactive ketones (excluding diaryl/α,β-unsaturated/α-hetero) is 1.